The van der Waals surface area contributed by atoms with Crippen molar-refractivity contribution in [2.24, 2.45) is 11.7 Å². The number of amides is 1. The Morgan fingerprint density at radius 3 is 2.81 bits per heavy atom. The summed E-state index contributed by atoms with van der Waals surface area (Å²) in [5.41, 5.74) is 7.02. The Morgan fingerprint density at radius 1 is 1.56 bits per heavy atom. The van der Waals surface area contributed by atoms with Crippen molar-refractivity contribution in [3.8, 4) is 0 Å². The summed E-state index contributed by atoms with van der Waals surface area (Å²) in [5.74, 6) is -0.808. The standard InChI is InChI=1S/C12H17FN2O/c1-8-3-4-11(13)9(5-8)6-10(7-14)12(16)15-2/h3-5,10H,6-7,14H2,1-2H3,(H,15,16). The van der Waals surface area contributed by atoms with Crippen LogP contribution in [-0.4, -0.2) is 19.5 Å². The summed E-state index contributed by atoms with van der Waals surface area (Å²) in [6, 6.07) is 4.87. The molecule has 0 spiro atoms. The van der Waals surface area contributed by atoms with Crippen molar-refractivity contribution in [2.45, 2.75) is 13.3 Å². The van der Waals surface area contributed by atoms with E-state index in [0.29, 0.717) is 12.0 Å². The molecule has 0 heterocycles. The van der Waals surface area contributed by atoms with Crippen molar-refractivity contribution in [2.75, 3.05) is 13.6 Å². The second-order valence-electron chi connectivity index (χ2n) is 3.85. The Morgan fingerprint density at radius 2 is 2.25 bits per heavy atom. The van der Waals surface area contributed by atoms with Crippen LogP contribution in [0.25, 0.3) is 0 Å². The average molecular weight is 224 g/mol. The smallest absolute Gasteiger partial charge is 0.224 e. The van der Waals surface area contributed by atoms with E-state index in [0.717, 1.165) is 5.56 Å². The van der Waals surface area contributed by atoms with Crippen molar-refractivity contribution in [1.82, 2.24) is 5.32 Å². The molecule has 4 heteroatoms. The van der Waals surface area contributed by atoms with Gasteiger partial charge in [0.2, 0.25) is 5.91 Å². The molecule has 0 radical (unpaired) electrons. The second kappa shape index (κ2) is 5.61. The lowest BCUT2D eigenvalue weighted by molar-refractivity contribution is -0.124. The molecule has 1 aromatic carbocycles. The Kier molecular flexibility index (Phi) is 4.43. The van der Waals surface area contributed by atoms with Crippen molar-refractivity contribution < 1.29 is 9.18 Å². The lowest BCUT2D eigenvalue weighted by Crippen LogP contribution is -2.34. The highest BCUT2D eigenvalue weighted by Gasteiger charge is 2.17. The highest BCUT2D eigenvalue weighted by Crippen LogP contribution is 2.14. The lowest BCUT2D eigenvalue weighted by Gasteiger charge is -2.13. The number of nitrogens with one attached hydrogen (secondary N) is 1. The van der Waals surface area contributed by atoms with Crippen LogP contribution in [0.5, 0.6) is 0 Å². The predicted molar refractivity (Wildman–Crippen MR) is 61.5 cm³/mol. The number of carbonyl (C=O) groups is 1. The predicted octanol–water partition coefficient (Wildman–Crippen LogP) is 0.998. The number of nitrogens with two attached hydrogens (primary N) is 1. The molecule has 0 saturated heterocycles. The third kappa shape index (κ3) is 3.03. The van der Waals surface area contributed by atoms with Gasteiger partial charge in [-0.2, -0.15) is 0 Å². The average Bonchev–Trinajstić information content (AvgIpc) is 2.29. The normalized spacial score (nSPS) is 12.2. The molecular weight excluding hydrogens is 207 g/mol. The summed E-state index contributed by atoms with van der Waals surface area (Å²) in [4.78, 5) is 11.4. The molecular formula is C12H17FN2O. The fourth-order valence-electron chi connectivity index (χ4n) is 1.61. The molecule has 0 aliphatic rings. The minimum absolute atomic E-state index is 0.150. The van der Waals surface area contributed by atoms with Crippen molar-refractivity contribution >= 4 is 5.91 Å². The molecule has 0 fully saturated rings. The SMILES string of the molecule is CNC(=O)C(CN)Cc1cc(C)ccc1F. The second-order valence-corrected chi connectivity index (χ2v) is 3.85. The molecule has 1 amide bonds. The zero-order chi connectivity index (χ0) is 12.1. The van der Waals surface area contributed by atoms with Crippen LogP contribution < -0.4 is 11.1 Å². The van der Waals surface area contributed by atoms with Crippen LogP contribution in [0.3, 0.4) is 0 Å². The van der Waals surface area contributed by atoms with Gasteiger partial charge in [0.25, 0.3) is 0 Å². The first-order valence-corrected chi connectivity index (χ1v) is 5.25. The highest BCUT2D eigenvalue weighted by molar-refractivity contribution is 5.78. The first-order chi connectivity index (χ1) is 7.58. The highest BCUT2D eigenvalue weighted by atomic mass is 19.1. The van der Waals surface area contributed by atoms with Crippen LogP contribution in [0.15, 0.2) is 18.2 Å². The van der Waals surface area contributed by atoms with Crippen LogP contribution in [0.2, 0.25) is 0 Å². The van der Waals surface area contributed by atoms with Gasteiger partial charge in [-0.1, -0.05) is 17.7 Å². The van der Waals surface area contributed by atoms with Gasteiger partial charge in [-0.3, -0.25) is 4.79 Å². The molecule has 0 aromatic heterocycles. The molecule has 1 aromatic rings. The van der Waals surface area contributed by atoms with Crippen molar-refractivity contribution in [1.29, 1.82) is 0 Å². The maximum Gasteiger partial charge on any atom is 0.224 e. The number of hydrogen-bond donors (Lipinski definition) is 2. The van der Waals surface area contributed by atoms with E-state index in [-0.39, 0.29) is 24.2 Å². The van der Waals surface area contributed by atoms with Crippen LogP contribution in [0, 0.1) is 18.7 Å². The summed E-state index contributed by atoms with van der Waals surface area (Å²) in [6.45, 7) is 2.10. The van der Waals surface area contributed by atoms with Gasteiger partial charge in [0, 0.05) is 13.6 Å². The number of rotatable bonds is 4. The van der Waals surface area contributed by atoms with Gasteiger partial charge in [-0.15, -0.1) is 0 Å². The molecule has 0 bridgehead atoms. The number of halogens is 1. The number of carbonyl (C=O) groups excluding carboxylic acids is 1. The van der Waals surface area contributed by atoms with Gasteiger partial charge in [0.15, 0.2) is 0 Å². The van der Waals surface area contributed by atoms with Gasteiger partial charge < -0.3 is 11.1 Å². The molecule has 16 heavy (non-hydrogen) atoms. The molecule has 0 aliphatic carbocycles. The fraction of sp³-hybridized carbons (Fsp3) is 0.417. The third-order valence-electron chi connectivity index (χ3n) is 2.57. The molecule has 1 atom stereocenters. The summed E-state index contributed by atoms with van der Waals surface area (Å²) in [7, 11) is 1.55. The quantitative estimate of drug-likeness (QED) is 0.801. The monoisotopic (exact) mass is 224 g/mol. The third-order valence-corrected chi connectivity index (χ3v) is 2.57. The van der Waals surface area contributed by atoms with Crippen molar-refractivity contribution in [3.63, 3.8) is 0 Å². The van der Waals surface area contributed by atoms with E-state index in [1.807, 2.05) is 6.92 Å². The van der Waals surface area contributed by atoms with Gasteiger partial charge in [0.1, 0.15) is 5.82 Å². The van der Waals surface area contributed by atoms with Gasteiger partial charge in [0.05, 0.1) is 5.92 Å². The summed E-state index contributed by atoms with van der Waals surface area (Å²) in [5, 5.41) is 2.53. The van der Waals surface area contributed by atoms with Crippen molar-refractivity contribution in [3.05, 3.63) is 35.1 Å². The first-order valence-electron chi connectivity index (χ1n) is 5.25. The Hall–Kier alpha value is -1.42. The maximum atomic E-state index is 13.5. The first kappa shape index (κ1) is 12.6. The van der Waals surface area contributed by atoms with Crippen LogP contribution in [0.4, 0.5) is 4.39 Å². The molecule has 3 nitrogen and oxygen atoms in total. The van der Waals surface area contributed by atoms with Crippen LogP contribution in [0.1, 0.15) is 11.1 Å². The number of hydrogen-bond acceptors (Lipinski definition) is 2. The zero-order valence-electron chi connectivity index (χ0n) is 9.59. The van der Waals surface area contributed by atoms with E-state index in [1.54, 1.807) is 19.2 Å². The summed E-state index contributed by atoms with van der Waals surface area (Å²) < 4.78 is 13.5. The van der Waals surface area contributed by atoms with Gasteiger partial charge in [-0.05, 0) is 25.0 Å². The molecule has 0 saturated carbocycles. The molecule has 3 N–H and O–H groups in total. The van der Waals surface area contributed by atoms with Gasteiger partial charge in [-0.25, -0.2) is 4.39 Å². The van der Waals surface area contributed by atoms with E-state index in [2.05, 4.69) is 5.32 Å². The molecule has 1 rings (SSSR count). The minimum Gasteiger partial charge on any atom is -0.359 e. The summed E-state index contributed by atoms with van der Waals surface area (Å²) >= 11 is 0. The number of aryl methyl sites for hydroxylation is 1. The topological polar surface area (TPSA) is 55.1 Å². The van der Waals surface area contributed by atoms with E-state index >= 15 is 0 Å². The van der Waals surface area contributed by atoms with E-state index in [4.69, 9.17) is 5.73 Å². The zero-order valence-corrected chi connectivity index (χ0v) is 9.59. The molecule has 0 aliphatic heterocycles. The molecule has 1 unspecified atom stereocenters. The Balaban J connectivity index is 2.85. The van der Waals surface area contributed by atoms with E-state index < -0.39 is 0 Å². The Labute approximate surface area is 94.8 Å². The van der Waals surface area contributed by atoms with Crippen LogP contribution >= 0.6 is 0 Å². The lowest BCUT2D eigenvalue weighted by atomic mass is 9.97. The minimum atomic E-state index is -0.374. The molecule has 88 valence electrons. The van der Waals surface area contributed by atoms with Gasteiger partial charge >= 0.3 is 0 Å². The van der Waals surface area contributed by atoms with Crippen LogP contribution in [-0.2, 0) is 11.2 Å². The maximum absolute atomic E-state index is 13.5. The van der Waals surface area contributed by atoms with E-state index in [9.17, 15) is 9.18 Å². The largest absolute Gasteiger partial charge is 0.359 e. The fourth-order valence-corrected chi connectivity index (χ4v) is 1.61. The Bertz CT molecular complexity index is 379. The summed E-state index contributed by atoms with van der Waals surface area (Å²) in [6.07, 6.45) is 0.337. The number of benzene rings is 1. The van der Waals surface area contributed by atoms with E-state index in [1.165, 1.54) is 6.07 Å².